The second-order valence-electron chi connectivity index (χ2n) is 6.35. The number of anilines is 2. The Balaban J connectivity index is 2.40. The van der Waals surface area contributed by atoms with Gasteiger partial charge in [0.1, 0.15) is 26.9 Å². The number of nitrogens with zero attached hydrogens (tertiary/aromatic N) is 5. The molecule has 2 rings (SSSR count). The second-order valence-corrected chi connectivity index (χ2v) is 6.35. The molecule has 9 heteroatoms. The predicted molar refractivity (Wildman–Crippen MR) is 112 cm³/mol. The molecule has 2 aromatic rings. The fourth-order valence-corrected chi connectivity index (χ4v) is 2.55. The van der Waals surface area contributed by atoms with E-state index in [1.807, 2.05) is 35.2 Å². The lowest BCUT2D eigenvalue weighted by molar-refractivity contribution is 0.101. The Morgan fingerprint density at radius 1 is 0.759 bits per heavy atom. The standard InChI is InChI=1S/C20H31N5O4/c1-5-6-12-29-16-25(15-28-4)20-22-18(17-10-8-7-9-11-17)21-19(23-20)24(13-26-2)14-27-3/h7-11H,5-6,12-16H2,1-4H3. The fraction of sp³-hybridized carbons (Fsp3) is 0.550. The van der Waals surface area contributed by atoms with Crippen LogP contribution in [-0.2, 0) is 18.9 Å². The van der Waals surface area contributed by atoms with Crippen LogP contribution in [0.15, 0.2) is 30.3 Å². The Labute approximate surface area is 172 Å². The maximum atomic E-state index is 5.77. The third-order valence-corrected chi connectivity index (χ3v) is 3.95. The maximum absolute atomic E-state index is 5.77. The van der Waals surface area contributed by atoms with E-state index in [1.54, 1.807) is 26.2 Å². The average molecular weight is 405 g/mol. The third kappa shape index (κ3) is 7.21. The molecule has 160 valence electrons. The lowest BCUT2D eigenvalue weighted by Gasteiger charge is -2.25. The summed E-state index contributed by atoms with van der Waals surface area (Å²) in [5, 5.41) is 0. The lowest BCUT2D eigenvalue weighted by atomic mass is 10.2. The van der Waals surface area contributed by atoms with Gasteiger partial charge in [0.25, 0.3) is 0 Å². The van der Waals surface area contributed by atoms with Crippen LogP contribution in [0.2, 0.25) is 0 Å². The highest BCUT2D eigenvalue weighted by Gasteiger charge is 2.18. The SMILES string of the molecule is CCCCOCN(COC)c1nc(-c2ccccc2)nc(N(COC)COC)n1. The van der Waals surface area contributed by atoms with Crippen LogP contribution >= 0.6 is 0 Å². The highest BCUT2D eigenvalue weighted by atomic mass is 16.5. The van der Waals surface area contributed by atoms with Crippen molar-refractivity contribution in [2.45, 2.75) is 19.8 Å². The number of unbranched alkanes of at least 4 members (excludes halogenated alkanes) is 1. The number of aromatic nitrogens is 3. The van der Waals surface area contributed by atoms with Crippen LogP contribution < -0.4 is 9.80 Å². The van der Waals surface area contributed by atoms with Crippen LogP contribution in [-0.4, -0.2) is 69.8 Å². The molecule has 29 heavy (non-hydrogen) atoms. The molecule has 0 bridgehead atoms. The van der Waals surface area contributed by atoms with Crippen molar-refractivity contribution in [3.05, 3.63) is 30.3 Å². The number of ether oxygens (including phenoxy) is 4. The van der Waals surface area contributed by atoms with Crippen molar-refractivity contribution in [1.82, 2.24) is 15.0 Å². The van der Waals surface area contributed by atoms with Crippen molar-refractivity contribution >= 4 is 11.9 Å². The van der Waals surface area contributed by atoms with Crippen molar-refractivity contribution in [3.8, 4) is 11.4 Å². The quantitative estimate of drug-likeness (QED) is 0.348. The highest BCUT2D eigenvalue weighted by Crippen LogP contribution is 2.21. The molecule has 0 atom stereocenters. The first-order valence-corrected chi connectivity index (χ1v) is 9.59. The van der Waals surface area contributed by atoms with E-state index in [-0.39, 0.29) is 13.5 Å². The van der Waals surface area contributed by atoms with Gasteiger partial charge in [0, 0.05) is 33.5 Å². The summed E-state index contributed by atoms with van der Waals surface area (Å²) >= 11 is 0. The molecule has 1 aromatic heterocycles. The molecule has 1 heterocycles. The molecule has 0 saturated heterocycles. The monoisotopic (exact) mass is 405 g/mol. The molecule has 0 radical (unpaired) electrons. The summed E-state index contributed by atoms with van der Waals surface area (Å²) in [6.07, 6.45) is 2.06. The van der Waals surface area contributed by atoms with Gasteiger partial charge in [-0.3, -0.25) is 9.80 Å². The van der Waals surface area contributed by atoms with E-state index in [4.69, 9.17) is 18.9 Å². The summed E-state index contributed by atoms with van der Waals surface area (Å²) in [6.45, 7) is 3.96. The third-order valence-electron chi connectivity index (χ3n) is 3.95. The van der Waals surface area contributed by atoms with E-state index in [9.17, 15) is 0 Å². The highest BCUT2D eigenvalue weighted by molar-refractivity contribution is 5.58. The molecule has 0 saturated carbocycles. The van der Waals surface area contributed by atoms with Crippen molar-refractivity contribution in [1.29, 1.82) is 0 Å². The van der Waals surface area contributed by atoms with Crippen molar-refractivity contribution < 1.29 is 18.9 Å². The van der Waals surface area contributed by atoms with Gasteiger partial charge < -0.3 is 18.9 Å². The minimum atomic E-state index is 0.281. The van der Waals surface area contributed by atoms with Crippen LogP contribution in [0, 0.1) is 0 Å². The number of methoxy groups -OCH3 is 3. The van der Waals surface area contributed by atoms with E-state index >= 15 is 0 Å². The number of benzene rings is 1. The number of hydrogen-bond acceptors (Lipinski definition) is 9. The molecule has 0 aliphatic rings. The molecule has 0 N–H and O–H groups in total. The molecular formula is C20H31N5O4. The zero-order valence-corrected chi connectivity index (χ0v) is 17.7. The summed E-state index contributed by atoms with van der Waals surface area (Å²) in [6, 6.07) is 9.76. The van der Waals surface area contributed by atoms with E-state index < -0.39 is 0 Å². The van der Waals surface area contributed by atoms with Crippen molar-refractivity contribution in [2.75, 3.05) is 64.7 Å². The normalized spacial score (nSPS) is 10.9. The molecule has 0 unspecified atom stereocenters. The van der Waals surface area contributed by atoms with E-state index in [1.165, 1.54) is 0 Å². The topological polar surface area (TPSA) is 82.1 Å². The number of rotatable bonds is 14. The smallest absolute Gasteiger partial charge is 0.234 e. The first-order valence-electron chi connectivity index (χ1n) is 9.59. The first kappa shape index (κ1) is 23.0. The fourth-order valence-electron chi connectivity index (χ4n) is 2.55. The molecular weight excluding hydrogens is 374 g/mol. The van der Waals surface area contributed by atoms with Gasteiger partial charge in [-0.25, -0.2) is 0 Å². The second kappa shape index (κ2) is 13.0. The van der Waals surface area contributed by atoms with Crippen LogP contribution in [0.5, 0.6) is 0 Å². The Morgan fingerprint density at radius 3 is 1.83 bits per heavy atom. The largest absolute Gasteiger partial charge is 0.364 e. The van der Waals surface area contributed by atoms with Crippen LogP contribution in [0.4, 0.5) is 11.9 Å². The molecule has 0 aliphatic heterocycles. The zero-order chi connectivity index (χ0) is 20.9. The summed E-state index contributed by atoms with van der Waals surface area (Å²) in [4.78, 5) is 17.5. The summed E-state index contributed by atoms with van der Waals surface area (Å²) < 4.78 is 21.7. The van der Waals surface area contributed by atoms with E-state index in [0.717, 1.165) is 18.4 Å². The number of hydrogen-bond donors (Lipinski definition) is 0. The average Bonchev–Trinajstić information content (AvgIpc) is 2.76. The van der Waals surface area contributed by atoms with Gasteiger partial charge in [-0.2, -0.15) is 15.0 Å². The minimum absolute atomic E-state index is 0.281. The van der Waals surface area contributed by atoms with Crippen molar-refractivity contribution in [2.24, 2.45) is 0 Å². The van der Waals surface area contributed by atoms with E-state index in [2.05, 4.69) is 21.9 Å². The minimum Gasteiger partial charge on any atom is -0.364 e. The lowest BCUT2D eigenvalue weighted by Crippen LogP contribution is -2.33. The van der Waals surface area contributed by atoms with Gasteiger partial charge in [0.15, 0.2) is 5.82 Å². The molecule has 0 aliphatic carbocycles. The van der Waals surface area contributed by atoms with Gasteiger partial charge in [0.05, 0.1) is 0 Å². The molecule has 1 aromatic carbocycles. The summed E-state index contributed by atoms with van der Waals surface area (Å²) in [5.74, 6) is 1.47. The van der Waals surface area contributed by atoms with Gasteiger partial charge in [0.2, 0.25) is 11.9 Å². The van der Waals surface area contributed by atoms with Crippen LogP contribution in [0.3, 0.4) is 0 Å². The molecule has 0 fully saturated rings. The van der Waals surface area contributed by atoms with Gasteiger partial charge in [-0.1, -0.05) is 43.7 Å². The Hall–Kier alpha value is -2.33. The van der Waals surface area contributed by atoms with Gasteiger partial charge >= 0.3 is 0 Å². The Morgan fingerprint density at radius 2 is 1.31 bits per heavy atom. The molecule has 9 nitrogen and oxygen atoms in total. The first-order chi connectivity index (χ1) is 14.2. The Kier molecular flexibility index (Phi) is 10.3. The predicted octanol–water partition coefficient (Wildman–Crippen LogP) is 2.74. The molecule has 0 amide bonds. The molecule has 0 spiro atoms. The summed E-state index contributed by atoms with van der Waals surface area (Å²) in [5.41, 5.74) is 0.886. The summed E-state index contributed by atoms with van der Waals surface area (Å²) in [7, 11) is 4.85. The van der Waals surface area contributed by atoms with E-state index in [0.29, 0.717) is 37.8 Å². The van der Waals surface area contributed by atoms with Crippen LogP contribution in [0.1, 0.15) is 19.8 Å². The van der Waals surface area contributed by atoms with Gasteiger partial charge in [-0.15, -0.1) is 0 Å². The Bertz CT molecular complexity index is 699. The van der Waals surface area contributed by atoms with Gasteiger partial charge in [-0.05, 0) is 6.42 Å². The van der Waals surface area contributed by atoms with Crippen LogP contribution in [0.25, 0.3) is 11.4 Å². The zero-order valence-electron chi connectivity index (χ0n) is 17.7. The van der Waals surface area contributed by atoms with Crippen molar-refractivity contribution in [3.63, 3.8) is 0 Å². The maximum Gasteiger partial charge on any atom is 0.234 e.